The molecule has 2 aromatic carbocycles. The zero-order chi connectivity index (χ0) is 15.5. The molecule has 2 rings (SSSR count). The van der Waals surface area contributed by atoms with Crippen LogP contribution in [0.2, 0.25) is 0 Å². The van der Waals surface area contributed by atoms with Crippen molar-refractivity contribution in [1.29, 1.82) is 0 Å². The number of carbonyl (C=O) groups excluding carboxylic acids is 1. The summed E-state index contributed by atoms with van der Waals surface area (Å²) in [6.07, 6.45) is -4.56. The Kier molecular flexibility index (Phi) is 4.16. The molecule has 0 atom stereocenters. The van der Waals surface area contributed by atoms with Gasteiger partial charge in [0.05, 0.1) is 11.1 Å². The number of amides is 1. The number of nitrogens with two attached hydrogens (primary N) is 1. The van der Waals surface area contributed by atoms with E-state index in [1.54, 1.807) is 24.3 Å². The Balaban J connectivity index is 2.12. The molecule has 2 aromatic rings. The summed E-state index contributed by atoms with van der Waals surface area (Å²) < 4.78 is 38.5. The van der Waals surface area contributed by atoms with Crippen LogP contribution < -0.4 is 11.1 Å². The summed E-state index contributed by atoms with van der Waals surface area (Å²) in [7, 11) is 0. The van der Waals surface area contributed by atoms with Gasteiger partial charge in [0.25, 0.3) is 5.91 Å². The van der Waals surface area contributed by atoms with Gasteiger partial charge in [-0.25, -0.2) is 0 Å². The zero-order valence-electron chi connectivity index (χ0n) is 10.9. The Morgan fingerprint density at radius 2 is 1.67 bits per heavy atom. The number of anilines is 1. The third-order valence-corrected chi connectivity index (χ3v) is 2.91. The third-order valence-electron chi connectivity index (χ3n) is 2.91. The Labute approximate surface area is 119 Å². The van der Waals surface area contributed by atoms with Crippen molar-refractivity contribution in [3.63, 3.8) is 0 Å². The van der Waals surface area contributed by atoms with Crippen LogP contribution in [-0.2, 0) is 12.7 Å². The van der Waals surface area contributed by atoms with Crippen molar-refractivity contribution >= 4 is 11.6 Å². The summed E-state index contributed by atoms with van der Waals surface area (Å²) in [5.74, 6) is -0.764. The predicted octanol–water partition coefficient (Wildman–Crippen LogP) is 3.22. The van der Waals surface area contributed by atoms with E-state index in [2.05, 4.69) is 5.32 Å². The van der Waals surface area contributed by atoms with Gasteiger partial charge in [-0.15, -0.1) is 0 Å². The summed E-state index contributed by atoms with van der Waals surface area (Å²) in [5.41, 5.74) is 5.52. The van der Waals surface area contributed by atoms with E-state index in [0.717, 1.165) is 17.7 Å². The SMILES string of the molecule is Nc1ccc(CNC(=O)c2ccccc2C(F)(F)F)cc1. The summed E-state index contributed by atoms with van der Waals surface area (Å²) in [6, 6.07) is 11.4. The van der Waals surface area contributed by atoms with Crippen LogP contribution in [0.5, 0.6) is 0 Å². The molecule has 1 amide bonds. The molecule has 6 heteroatoms. The monoisotopic (exact) mass is 294 g/mol. The van der Waals surface area contributed by atoms with Crippen LogP contribution in [0, 0.1) is 0 Å². The molecule has 3 nitrogen and oxygen atoms in total. The maximum atomic E-state index is 12.8. The highest BCUT2D eigenvalue weighted by Crippen LogP contribution is 2.31. The van der Waals surface area contributed by atoms with Gasteiger partial charge >= 0.3 is 6.18 Å². The fourth-order valence-corrected chi connectivity index (χ4v) is 1.84. The van der Waals surface area contributed by atoms with Gasteiger partial charge in [-0.1, -0.05) is 24.3 Å². The normalized spacial score (nSPS) is 11.2. The minimum Gasteiger partial charge on any atom is -0.399 e. The highest BCUT2D eigenvalue weighted by Gasteiger charge is 2.34. The molecule has 0 saturated heterocycles. The van der Waals surface area contributed by atoms with Crippen LogP contribution in [0.4, 0.5) is 18.9 Å². The molecule has 0 spiro atoms. The third kappa shape index (κ3) is 3.75. The molecule has 21 heavy (non-hydrogen) atoms. The Morgan fingerprint density at radius 3 is 2.29 bits per heavy atom. The molecule has 0 aliphatic rings. The quantitative estimate of drug-likeness (QED) is 0.854. The first kappa shape index (κ1) is 14.9. The predicted molar refractivity (Wildman–Crippen MR) is 73.5 cm³/mol. The largest absolute Gasteiger partial charge is 0.417 e. The van der Waals surface area contributed by atoms with Gasteiger partial charge in [-0.2, -0.15) is 13.2 Å². The van der Waals surface area contributed by atoms with Crippen LogP contribution in [0.25, 0.3) is 0 Å². The number of nitrogens with one attached hydrogen (secondary N) is 1. The Hall–Kier alpha value is -2.50. The lowest BCUT2D eigenvalue weighted by atomic mass is 10.1. The molecule has 0 unspecified atom stereocenters. The first-order chi connectivity index (χ1) is 9.88. The second-order valence-electron chi connectivity index (χ2n) is 4.47. The summed E-state index contributed by atoms with van der Waals surface area (Å²) in [5, 5.41) is 2.47. The first-order valence-corrected chi connectivity index (χ1v) is 6.17. The van der Waals surface area contributed by atoms with E-state index in [9.17, 15) is 18.0 Å². The number of carbonyl (C=O) groups is 1. The molecule has 0 heterocycles. The number of alkyl halides is 3. The maximum absolute atomic E-state index is 12.8. The van der Waals surface area contributed by atoms with Crippen molar-refractivity contribution in [1.82, 2.24) is 5.32 Å². The zero-order valence-corrected chi connectivity index (χ0v) is 10.9. The number of halogens is 3. The van der Waals surface area contributed by atoms with Crippen LogP contribution >= 0.6 is 0 Å². The average molecular weight is 294 g/mol. The van der Waals surface area contributed by atoms with Gasteiger partial charge in [0.15, 0.2) is 0 Å². The number of hydrogen-bond donors (Lipinski definition) is 2. The number of benzene rings is 2. The molecule has 110 valence electrons. The summed E-state index contributed by atoms with van der Waals surface area (Å²) in [4.78, 5) is 11.9. The van der Waals surface area contributed by atoms with Gasteiger partial charge in [0.1, 0.15) is 0 Å². The van der Waals surface area contributed by atoms with Crippen LogP contribution in [0.15, 0.2) is 48.5 Å². The lowest BCUT2D eigenvalue weighted by molar-refractivity contribution is -0.137. The van der Waals surface area contributed by atoms with E-state index in [1.807, 2.05) is 0 Å². The van der Waals surface area contributed by atoms with E-state index in [0.29, 0.717) is 5.69 Å². The van der Waals surface area contributed by atoms with Crippen LogP contribution in [-0.4, -0.2) is 5.91 Å². The van der Waals surface area contributed by atoms with Gasteiger partial charge in [-0.05, 0) is 29.8 Å². The second-order valence-corrected chi connectivity index (χ2v) is 4.47. The standard InChI is InChI=1S/C15H13F3N2O/c16-15(17,18)13-4-2-1-3-12(13)14(21)20-9-10-5-7-11(19)8-6-10/h1-8H,9,19H2,(H,20,21). The smallest absolute Gasteiger partial charge is 0.399 e. The highest BCUT2D eigenvalue weighted by atomic mass is 19.4. The van der Waals surface area contributed by atoms with Crippen LogP contribution in [0.1, 0.15) is 21.5 Å². The molecule has 3 N–H and O–H groups in total. The minimum atomic E-state index is -4.56. The van der Waals surface area contributed by atoms with Gasteiger partial charge in [0, 0.05) is 12.2 Å². The van der Waals surface area contributed by atoms with Crippen molar-refractivity contribution in [2.45, 2.75) is 12.7 Å². The number of nitrogen functional groups attached to an aromatic ring is 1. The van der Waals surface area contributed by atoms with Crippen molar-refractivity contribution in [3.8, 4) is 0 Å². The lowest BCUT2D eigenvalue weighted by Crippen LogP contribution is -2.25. The first-order valence-electron chi connectivity index (χ1n) is 6.17. The summed E-state index contributed by atoms with van der Waals surface area (Å²) >= 11 is 0. The van der Waals surface area contributed by atoms with Gasteiger partial charge in [-0.3, -0.25) is 4.79 Å². The van der Waals surface area contributed by atoms with E-state index >= 15 is 0 Å². The van der Waals surface area contributed by atoms with Crippen molar-refractivity contribution in [2.75, 3.05) is 5.73 Å². The second kappa shape index (κ2) is 5.87. The van der Waals surface area contributed by atoms with Crippen LogP contribution in [0.3, 0.4) is 0 Å². The fourth-order valence-electron chi connectivity index (χ4n) is 1.84. The number of rotatable bonds is 3. The van der Waals surface area contributed by atoms with Gasteiger partial charge < -0.3 is 11.1 Å². The highest BCUT2D eigenvalue weighted by molar-refractivity contribution is 5.95. The molecule has 0 aromatic heterocycles. The van der Waals surface area contributed by atoms with Crippen molar-refractivity contribution < 1.29 is 18.0 Å². The van der Waals surface area contributed by atoms with Gasteiger partial charge in [0.2, 0.25) is 0 Å². The molecule has 0 saturated carbocycles. The molecule has 0 fully saturated rings. The molecule has 0 aliphatic heterocycles. The Bertz CT molecular complexity index is 636. The summed E-state index contributed by atoms with van der Waals surface area (Å²) in [6.45, 7) is 0.130. The molecular weight excluding hydrogens is 281 g/mol. The van der Waals surface area contributed by atoms with E-state index < -0.39 is 17.6 Å². The molecule has 0 bridgehead atoms. The minimum absolute atomic E-state index is 0.130. The average Bonchev–Trinajstić information content (AvgIpc) is 2.45. The number of hydrogen-bond acceptors (Lipinski definition) is 2. The van der Waals surface area contributed by atoms with E-state index in [4.69, 9.17) is 5.73 Å². The van der Waals surface area contributed by atoms with Crippen molar-refractivity contribution in [2.24, 2.45) is 0 Å². The van der Waals surface area contributed by atoms with Crippen molar-refractivity contribution in [3.05, 3.63) is 65.2 Å². The topological polar surface area (TPSA) is 55.1 Å². The Morgan fingerprint density at radius 1 is 1.05 bits per heavy atom. The van der Waals surface area contributed by atoms with E-state index in [1.165, 1.54) is 12.1 Å². The fraction of sp³-hybridized carbons (Fsp3) is 0.133. The maximum Gasteiger partial charge on any atom is 0.417 e. The molecular formula is C15H13F3N2O. The molecule has 0 aliphatic carbocycles. The van der Waals surface area contributed by atoms with E-state index in [-0.39, 0.29) is 12.1 Å². The lowest BCUT2D eigenvalue weighted by Gasteiger charge is -2.12. The molecule has 0 radical (unpaired) electrons.